The molecule has 3 nitrogen and oxygen atoms in total. The van der Waals surface area contributed by atoms with E-state index in [-0.39, 0.29) is 0 Å². The molecule has 0 unspecified atom stereocenters. The van der Waals surface area contributed by atoms with Gasteiger partial charge < -0.3 is 10.5 Å². The third kappa shape index (κ3) is 1.83. The SMILES string of the molecule is COc1ccc(C)c(C(N)=O)c1Br. The average molecular weight is 244 g/mol. The van der Waals surface area contributed by atoms with Crippen LogP contribution in [0.25, 0.3) is 0 Å². The summed E-state index contributed by atoms with van der Waals surface area (Å²) in [6.45, 7) is 1.82. The number of halogens is 1. The zero-order chi connectivity index (χ0) is 10.0. The topological polar surface area (TPSA) is 52.3 Å². The standard InChI is InChI=1S/C9H10BrNO2/c1-5-3-4-6(13-2)8(10)7(5)9(11)12/h3-4H,1-2H3,(H2,11,12). The fraction of sp³-hybridized carbons (Fsp3) is 0.222. The highest BCUT2D eigenvalue weighted by atomic mass is 79.9. The average Bonchev–Trinajstić information content (AvgIpc) is 2.04. The number of primary amides is 1. The Labute approximate surface area is 85.0 Å². The summed E-state index contributed by atoms with van der Waals surface area (Å²) in [6, 6.07) is 3.58. The summed E-state index contributed by atoms with van der Waals surface area (Å²) in [7, 11) is 1.54. The molecule has 0 bridgehead atoms. The molecule has 1 aromatic carbocycles. The largest absolute Gasteiger partial charge is 0.496 e. The van der Waals surface area contributed by atoms with Crippen LogP contribution in [-0.2, 0) is 0 Å². The van der Waals surface area contributed by atoms with Gasteiger partial charge in [-0.3, -0.25) is 4.79 Å². The first-order valence-electron chi connectivity index (χ1n) is 3.70. The van der Waals surface area contributed by atoms with Gasteiger partial charge in [0.1, 0.15) is 5.75 Å². The molecule has 1 rings (SSSR count). The zero-order valence-corrected chi connectivity index (χ0v) is 9.01. The Morgan fingerprint density at radius 3 is 2.62 bits per heavy atom. The molecule has 1 amide bonds. The van der Waals surface area contributed by atoms with Crippen LogP contribution in [0, 0.1) is 6.92 Å². The Kier molecular flexibility index (Phi) is 2.93. The van der Waals surface area contributed by atoms with Crippen LogP contribution in [-0.4, -0.2) is 13.0 Å². The van der Waals surface area contributed by atoms with Crippen molar-refractivity contribution in [2.24, 2.45) is 5.73 Å². The fourth-order valence-electron chi connectivity index (χ4n) is 1.11. The number of methoxy groups -OCH3 is 1. The number of rotatable bonds is 2. The van der Waals surface area contributed by atoms with Gasteiger partial charge in [0, 0.05) is 0 Å². The number of ether oxygens (including phenoxy) is 1. The smallest absolute Gasteiger partial charge is 0.250 e. The van der Waals surface area contributed by atoms with E-state index >= 15 is 0 Å². The van der Waals surface area contributed by atoms with Crippen molar-refractivity contribution in [3.05, 3.63) is 27.7 Å². The molecule has 13 heavy (non-hydrogen) atoms. The Balaban J connectivity index is 3.38. The van der Waals surface area contributed by atoms with Crippen molar-refractivity contribution in [2.45, 2.75) is 6.92 Å². The van der Waals surface area contributed by atoms with Gasteiger partial charge in [0.25, 0.3) is 0 Å². The number of amides is 1. The van der Waals surface area contributed by atoms with Crippen molar-refractivity contribution < 1.29 is 9.53 Å². The molecule has 2 N–H and O–H groups in total. The van der Waals surface area contributed by atoms with Gasteiger partial charge in [-0.05, 0) is 34.5 Å². The molecule has 70 valence electrons. The lowest BCUT2D eigenvalue weighted by Gasteiger charge is -2.08. The molecule has 0 spiro atoms. The maximum Gasteiger partial charge on any atom is 0.250 e. The molecule has 0 aliphatic heterocycles. The summed E-state index contributed by atoms with van der Waals surface area (Å²) in [5, 5.41) is 0. The van der Waals surface area contributed by atoms with Gasteiger partial charge in [0.2, 0.25) is 5.91 Å². The maximum absolute atomic E-state index is 11.0. The molecular weight excluding hydrogens is 234 g/mol. The van der Waals surface area contributed by atoms with E-state index in [0.717, 1.165) is 5.56 Å². The molecule has 1 aromatic rings. The number of hydrogen-bond donors (Lipinski definition) is 1. The minimum absolute atomic E-state index is 0.455. The van der Waals surface area contributed by atoms with Crippen molar-refractivity contribution in [1.82, 2.24) is 0 Å². The predicted molar refractivity (Wildman–Crippen MR) is 53.9 cm³/mol. The van der Waals surface area contributed by atoms with Crippen LogP contribution < -0.4 is 10.5 Å². The number of nitrogens with two attached hydrogens (primary N) is 1. The van der Waals surface area contributed by atoms with E-state index in [4.69, 9.17) is 10.5 Å². The van der Waals surface area contributed by atoms with Crippen LogP contribution in [0.4, 0.5) is 0 Å². The normalized spacial score (nSPS) is 9.77. The molecule has 0 heterocycles. The second-order valence-electron chi connectivity index (χ2n) is 2.64. The maximum atomic E-state index is 11.0. The minimum atomic E-state index is -0.455. The fourth-order valence-corrected chi connectivity index (χ4v) is 1.92. The molecule has 0 atom stereocenters. The summed E-state index contributed by atoms with van der Waals surface area (Å²) >= 11 is 3.27. The highest BCUT2D eigenvalue weighted by molar-refractivity contribution is 9.10. The van der Waals surface area contributed by atoms with Crippen LogP contribution in [0.1, 0.15) is 15.9 Å². The number of hydrogen-bond acceptors (Lipinski definition) is 2. The molecule has 0 fully saturated rings. The molecule has 0 aromatic heterocycles. The minimum Gasteiger partial charge on any atom is -0.496 e. The first-order valence-corrected chi connectivity index (χ1v) is 4.50. The summed E-state index contributed by atoms with van der Waals surface area (Å²) in [4.78, 5) is 11.0. The molecule has 0 saturated heterocycles. The van der Waals surface area contributed by atoms with Crippen LogP contribution in [0.15, 0.2) is 16.6 Å². The van der Waals surface area contributed by atoms with Gasteiger partial charge in [0.15, 0.2) is 0 Å². The van der Waals surface area contributed by atoms with E-state index in [1.165, 1.54) is 0 Å². The van der Waals surface area contributed by atoms with Gasteiger partial charge in [-0.25, -0.2) is 0 Å². The van der Waals surface area contributed by atoms with Gasteiger partial charge in [-0.15, -0.1) is 0 Å². The van der Waals surface area contributed by atoms with Gasteiger partial charge >= 0.3 is 0 Å². The molecule has 0 aliphatic carbocycles. The van der Waals surface area contributed by atoms with Crippen molar-refractivity contribution >= 4 is 21.8 Å². The van der Waals surface area contributed by atoms with E-state index in [1.807, 2.05) is 6.92 Å². The van der Waals surface area contributed by atoms with Crippen molar-refractivity contribution in [3.8, 4) is 5.75 Å². The first kappa shape index (κ1) is 10.1. The molecular formula is C9H10BrNO2. The lowest BCUT2D eigenvalue weighted by Crippen LogP contribution is -2.13. The van der Waals surface area contributed by atoms with Crippen molar-refractivity contribution in [1.29, 1.82) is 0 Å². The highest BCUT2D eigenvalue weighted by Crippen LogP contribution is 2.30. The highest BCUT2D eigenvalue weighted by Gasteiger charge is 2.13. The van der Waals surface area contributed by atoms with E-state index in [2.05, 4.69) is 15.9 Å². The molecule has 4 heteroatoms. The predicted octanol–water partition coefficient (Wildman–Crippen LogP) is 1.87. The lowest BCUT2D eigenvalue weighted by molar-refractivity contribution is 0.0998. The quantitative estimate of drug-likeness (QED) is 0.863. The van der Waals surface area contributed by atoms with E-state index < -0.39 is 5.91 Å². The van der Waals surface area contributed by atoms with Crippen LogP contribution in [0.3, 0.4) is 0 Å². The van der Waals surface area contributed by atoms with Crippen molar-refractivity contribution in [3.63, 3.8) is 0 Å². The lowest BCUT2D eigenvalue weighted by atomic mass is 10.1. The Bertz CT molecular complexity index is 350. The third-order valence-corrected chi connectivity index (χ3v) is 2.57. The zero-order valence-electron chi connectivity index (χ0n) is 7.43. The third-order valence-electron chi connectivity index (χ3n) is 1.78. The molecule has 0 radical (unpaired) electrons. The second kappa shape index (κ2) is 3.79. The Hall–Kier alpha value is -1.03. The Morgan fingerprint density at radius 1 is 1.54 bits per heavy atom. The van der Waals surface area contributed by atoms with Crippen LogP contribution in [0.5, 0.6) is 5.75 Å². The number of carbonyl (C=O) groups is 1. The summed E-state index contributed by atoms with van der Waals surface area (Å²) in [6.07, 6.45) is 0. The van der Waals surface area contributed by atoms with Gasteiger partial charge in [-0.1, -0.05) is 6.07 Å². The number of aryl methyl sites for hydroxylation is 1. The van der Waals surface area contributed by atoms with E-state index in [1.54, 1.807) is 19.2 Å². The van der Waals surface area contributed by atoms with E-state index in [0.29, 0.717) is 15.8 Å². The summed E-state index contributed by atoms with van der Waals surface area (Å²) < 4.78 is 5.65. The molecule has 0 saturated carbocycles. The Morgan fingerprint density at radius 2 is 2.15 bits per heavy atom. The van der Waals surface area contributed by atoms with Crippen LogP contribution in [0.2, 0.25) is 0 Å². The molecule has 0 aliphatic rings. The summed E-state index contributed by atoms with van der Waals surface area (Å²) in [5.74, 6) is 0.155. The number of benzene rings is 1. The van der Waals surface area contributed by atoms with Gasteiger partial charge in [-0.2, -0.15) is 0 Å². The monoisotopic (exact) mass is 243 g/mol. The number of carbonyl (C=O) groups excluding carboxylic acids is 1. The van der Waals surface area contributed by atoms with Crippen molar-refractivity contribution in [2.75, 3.05) is 7.11 Å². The van der Waals surface area contributed by atoms with E-state index in [9.17, 15) is 4.79 Å². The van der Waals surface area contributed by atoms with Gasteiger partial charge in [0.05, 0.1) is 17.1 Å². The van der Waals surface area contributed by atoms with Crippen LogP contribution >= 0.6 is 15.9 Å². The second-order valence-corrected chi connectivity index (χ2v) is 3.43. The first-order chi connectivity index (χ1) is 6.07. The summed E-state index contributed by atoms with van der Waals surface area (Å²) in [5.41, 5.74) is 6.52.